The maximum atomic E-state index is 11.6. The smallest absolute Gasteiger partial charge is 0.307 e. The summed E-state index contributed by atoms with van der Waals surface area (Å²) >= 11 is 0. The molecule has 4 aromatic rings. The second-order valence-electron chi connectivity index (χ2n) is 6.23. The molecule has 0 spiro atoms. The highest BCUT2D eigenvalue weighted by molar-refractivity contribution is 5.82. The van der Waals surface area contributed by atoms with Crippen LogP contribution in [0.3, 0.4) is 0 Å². The van der Waals surface area contributed by atoms with Gasteiger partial charge in [-0.2, -0.15) is 5.10 Å². The third-order valence-electron chi connectivity index (χ3n) is 4.41. The monoisotopic (exact) mass is 354 g/mol. The van der Waals surface area contributed by atoms with E-state index in [1.165, 1.54) is 0 Å². The number of carbonyl (C=O) groups is 1. The van der Waals surface area contributed by atoms with Gasteiger partial charge in [-0.15, -0.1) is 0 Å². The Kier molecular flexibility index (Phi) is 4.54. The van der Waals surface area contributed by atoms with Gasteiger partial charge in [0, 0.05) is 16.7 Å². The molecule has 1 heterocycles. The molecule has 0 amide bonds. The molecule has 4 rings (SSSR count). The van der Waals surface area contributed by atoms with Crippen molar-refractivity contribution in [2.75, 3.05) is 0 Å². The number of aliphatic carboxylic acids is 1. The normalized spacial score (nSPS) is 10.7. The topological polar surface area (TPSA) is 55.1 Å². The van der Waals surface area contributed by atoms with Gasteiger partial charge in [0.25, 0.3) is 0 Å². The quantitative estimate of drug-likeness (QED) is 0.558. The molecular formula is C23H18N2O2. The van der Waals surface area contributed by atoms with E-state index in [4.69, 9.17) is 5.10 Å². The zero-order valence-corrected chi connectivity index (χ0v) is 14.6. The number of hydrogen-bond donors (Lipinski definition) is 1. The molecule has 4 heteroatoms. The van der Waals surface area contributed by atoms with Gasteiger partial charge in [0.05, 0.1) is 23.5 Å². The van der Waals surface area contributed by atoms with Crippen LogP contribution < -0.4 is 0 Å². The maximum absolute atomic E-state index is 11.6. The van der Waals surface area contributed by atoms with Gasteiger partial charge in [0.1, 0.15) is 0 Å². The Morgan fingerprint density at radius 2 is 1.30 bits per heavy atom. The molecule has 0 fully saturated rings. The van der Waals surface area contributed by atoms with E-state index in [0.717, 1.165) is 22.5 Å². The van der Waals surface area contributed by atoms with Gasteiger partial charge < -0.3 is 5.11 Å². The molecule has 0 bridgehead atoms. The second kappa shape index (κ2) is 7.30. The summed E-state index contributed by atoms with van der Waals surface area (Å²) in [4.78, 5) is 11.6. The van der Waals surface area contributed by atoms with Crippen molar-refractivity contribution in [2.24, 2.45) is 0 Å². The van der Waals surface area contributed by atoms with E-state index < -0.39 is 5.97 Å². The van der Waals surface area contributed by atoms with Crippen LogP contribution in [0.15, 0.2) is 91.0 Å². The van der Waals surface area contributed by atoms with Crippen molar-refractivity contribution in [3.05, 3.63) is 96.6 Å². The van der Waals surface area contributed by atoms with Crippen LogP contribution in [-0.2, 0) is 11.2 Å². The molecule has 0 unspecified atom stereocenters. The molecule has 0 radical (unpaired) electrons. The van der Waals surface area contributed by atoms with Gasteiger partial charge in [0.2, 0.25) is 0 Å². The van der Waals surface area contributed by atoms with E-state index in [1.54, 1.807) is 0 Å². The van der Waals surface area contributed by atoms with Gasteiger partial charge in [-0.25, -0.2) is 4.68 Å². The summed E-state index contributed by atoms with van der Waals surface area (Å²) in [5.41, 5.74) is 4.95. The van der Waals surface area contributed by atoms with Gasteiger partial charge in [-0.3, -0.25) is 4.79 Å². The summed E-state index contributed by atoms with van der Waals surface area (Å²) in [7, 11) is 0. The standard InChI is InChI=1S/C23H18N2O2/c26-21(27)16-20-22(17-10-4-1-5-11-17)24-25(19-14-8-3-9-15-19)23(20)18-12-6-2-7-13-18/h1-15H,16H2,(H,26,27). The summed E-state index contributed by atoms with van der Waals surface area (Å²) in [6.07, 6.45) is -0.0959. The zero-order valence-electron chi connectivity index (χ0n) is 14.6. The number of nitrogens with zero attached hydrogens (tertiary/aromatic N) is 2. The first-order valence-electron chi connectivity index (χ1n) is 8.74. The first kappa shape index (κ1) is 16.8. The Balaban J connectivity index is 2.04. The van der Waals surface area contributed by atoms with Crippen LogP contribution in [0.25, 0.3) is 28.2 Å². The summed E-state index contributed by atoms with van der Waals surface area (Å²) in [6.45, 7) is 0. The van der Waals surface area contributed by atoms with Crippen molar-refractivity contribution in [1.82, 2.24) is 9.78 Å². The molecule has 1 aromatic heterocycles. The zero-order chi connectivity index (χ0) is 18.6. The Morgan fingerprint density at radius 1 is 0.778 bits per heavy atom. The number of rotatable bonds is 5. The lowest BCUT2D eigenvalue weighted by Gasteiger charge is -2.09. The summed E-state index contributed by atoms with van der Waals surface area (Å²) in [6, 6.07) is 29.3. The summed E-state index contributed by atoms with van der Waals surface area (Å²) in [5, 5.41) is 14.4. The number of hydrogen-bond acceptors (Lipinski definition) is 2. The highest BCUT2D eigenvalue weighted by atomic mass is 16.4. The van der Waals surface area contributed by atoms with E-state index in [1.807, 2.05) is 95.7 Å². The van der Waals surface area contributed by atoms with Crippen LogP contribution in [0.2, 0.25) is 0 Å². The number of carboxylic acids is 1. The lowest BCUT2D eigenvalue weighted by molar-refractivity contribution is -0.136. The van der Waals surface area contributed by atoms with E-state index in [-0.39, 0.29) is 6.42 Å². The van der Waals surface area contributed by atoms with Crippen molar-refractivity contribution in [3.63, 3.8) is 0 Å². The first-order valence-corrected chi connectivity index (χ1v) is 8.74. The fraction of sp³-hybridized carbons (Fsp3) is 0.0435. The molecule has 0 aliphatic rings. The highest BCUT2D eigenvalue weighted by Crippen LogP contribution is 2.34. The molecular weight excluding hydrogens is 336 g/mol. The molecule has 0 aliphatic heterocycles. The van der Waals surface area contributed by atoms with E-state index in [9.17, 15) is 9.90 Å². The van der Waals surface area contributed by atoms with Crippen molar-refractivity contribution >= 4 is 5.97 Å². The molecule has 0 saturated heterocycles. The minimum atomic E-state index is -0.878. The van der Waals surface area contributed by atoms with Crippen molar-refractivity contribution < 1.29 is 9.90 Å². The Hall–Kier alpha value is -3.66. The van der Waals surface area contributed by atoms with Crippen molar-refractivity contribution in [3.8, 4) is 28.2 Å². The van der Waals surface area contributed by atoms with Gasteiger partial charge in [-0.1, -0.05) is 78.9 Å². The Bertz CT molecular complexity index is 1060. The number of carboxylic acid groups (broad SMARTS) is 1. The minimum Gasteiger partial charge on any atom is -0.481 e. The van der Waals surface area contributed by atoms with Crippen molar-refractivity contribution in [1.29, 1.82) is 0 Å². The lowest BCUT2D eigenvalue weighted by Crippen LogP contribution is -2.04. The summed E-state index contributed by atoms with van der Waals surface area (Å²) in [5.74, 6) is -0.878. The van der Waals surface area contributed by atoms with Gasteiger partial charge in [0.15, 0.2) is 0 Å². The minimum absolute atomic E-state index is 0.0959. The fourth-order valence-electron chi connectivity index (χ4n) is 3.25. The van der Waals surface area contributed by atoms with Crippen LogP contribution >= 0.6 is 0 Å². The molecule has 132 valence electrons. The number of para-hydroxylation sites is 1. The largest absolute Gasteiger partial charge is 0.481 e. The third-order valence-corrected chi connectivity index (χ3v) is 4.41. The molecule has 3 aromatic carbocycles. The average Bonchev–Trinajstić information content (AvgIpc) is 3.08. The first-order chi connectivity index (χ1) is 13.2. The van der Waals surface area contributed by atoms with Crippen LogP contribution in [0.5, 0.6) is 0 Å². The molecule has 27 heavy (non-hydrogen) atoms. The molecule has 0 atom stereocenters. The van der Waals surface area contributed by atoms with Crippen LogP contribution in [-0.4, -0.2) is 20.9 Å². The van der Waals surface area contributed by atoms with Gasteiger partial charge >= 0.3 is 5.97 Å². The second-order valence-corrected chi connectivity index (χ2v) is 6.23. The van der Waals surface area contributed by atoms with Crippen molar-refractivity contribution in [2.45, 2.75) is 6.42 Å². The number of aromatic nitrogens is 2. The van der Waals surface area contributed by atoms with E-state index in [0.29, 0.717) is 11.3 Å². The Morgan fingerprint density at radius 3 is 1.85 bits per heavy atom. The van der Waals surface area contributed by atoms with E-state index in [2.05, 4.69) is 0 Å². The fourth-order valence-corrected chi connectivity index (χ4v) is 3.25. The van der Waals surface area contributed by atoms with E-state index >= 15 is 0 Å². The van der Waals surface area contributed by atoms with Crippen LogP contribution in [0.4, 0.5) is 0 Å². The van der Waals surface area contributed by atoms with Crippen LogP contribution in [0, 0.1) is 0 Å². The molecule has 0 aliphatic carbocycles. The average molecular weight is 354 g/mol. The molecule has 4 nitrogen and oxygen atoms in total. The Labute approximate surface area is 157 Å². The predicted octanol–water partition coefficient (Wildman–Crippen LogP) is 4.83. The summed E-state index contributed by atoms with van der Waals surface area (Å²) < 4.78 is 1.84. The maximum Gasteiger partial charge on any atom is 0.307 e. The van der Waals surface area contributed by atoms with Crippen LogP contribution in [0.1, 0.15) is 5.56 Å². The third kappa shape index (κ3) is 3.37. The molecule has 0 saturated carbocycles. The SMILES string of the molecule is O=C(O)Cc1c(-c2ccccc2)nn(-c2ccccc2)c1-c1ccccc1. The highest BCUT2D eigenvalue weighted by Gasteiger charge is 2.23. The number of benzene rings is 3. The van der Waals surface area contributed by atoms with Gasteiger partial charge in [-0.05, 0) is 12.1 Å². The lowest BCUT2D eigenvalue weighted by atomic mass is 9.99. The molecule has 1 N–H and O–H groups in total. The predicted molar refractivity (Wildman–Crippen MR) is 106 cm³/mol.